The fraction of sp³-hybridized carbons (Fsp3) is 0.769. The van der Waals surface area contributed by atoms with Crippen molar-refractivity contribution < 1.29 is 61.9 Å². The lowest BCUT2D eigenvalue weighted by molar-refractivity contribution is -0.352. The van der Waals surface area contributed by atoms with Crippen LogP contribution < -0.4 is 4.72 Å². The lowest BCUT2D eigenvalue weighted by atomic mass is 9.88. The van der Waals surface area contributed by atoms with Crippen LogP contribution in [0.1, 0.15) is 12.8 Å². The molecule has 5 nitrogen and oxygen atoms in total. The molecule has 0 aliphatic carbocycles. The molecule has 0 saturated heterocycles. The fourth-order valence-electron chi connectivity index (χ4n) is 1.89. The van der Waals surface area contributed by atoms with E-state index in [0.717, 1.165) is 0 Å². The summed E-state index contributed by atoms with van der Waals surface area (Å²) in [6.07, 6.45) is -23.3. The van der Waals surface area contributed by atoms with Crippen molar-refractivity contribution in [3.63, 3.8) is 0 Å². The van der Waals surface area contributed by atoms with Crippen LogP contribution in [0, 0.1) is 5.92 Å². The summed E-state index contributed by atoms with van der Waals surface area (Å²) in [6, 6.07) is 0. The lowest BCUT2D eigenvalue weighted by Gasteiger charge is -2.33. The number of carbonyl (C=O) groups is 1. The van der Waals surface area contributed by atoms with Crippen molar-refractivity contribution in [3.05, 3.63) is 12.7 Å². The minimum atomic E-state index is -6.71. The van der Waals surface area contributed by atoms with Crippen LogP contribution in [0.3, 0.4) is 0 Å². The van der Waals surface area contributed by atoms with Gasteiger partial charge in [0.25, 0.3) is 5.67 Å². The van der Waals surface area contributed by atoms with Crippen molar-refractivity contribution in [3.8, 4) is 0 Å². The van der Waals surface area contributed by atoms with E-state index < -0.39 is 77.9 Å². The molecule has 172 valence electrons. The minimum Gasteiger partial charge on any atom is -0.461 e. The van der Waals surface area contributed by atoms with Crippen LogP contribution in [0.25, 0.3) is 0 Å². The quantitative estimate of drug-likeness (QED) is 0.230. The summed E-state index contributed by atoms with van der Waals surface area (Å²) >= 11 is 0. The van der Waals surface area contributed by atoms with Crippen LogP contribution >= 0.6 is 0 Å². The molecule has 0 saturated carbocycles. The summed E-state index contributed by atoms with van der Waals surface area (Å²) < 4.78 is 156. The Morgan fingerprint density at radius 3 is 1.86 bits per heavy atom. The van der Waals surface area contributed by atoms with Crippen molar-refractivity contribution in [2.45, 2.75) is 37.0 Å². The zero-order valence-corrected chi connectivity index (χ0v) is 15.0. The van der Waals surface area contributed by atoms with Crippen molar-refractivity contribution in [2.75, 3.05) is 18.9 Å². The molecule has 0 aliphatic rings. The van der Waals surface area contributed by atoms with E-state index in [2.05, 4.69) is 11.3 Å². The minimum absolute atomic E-state index is 0.581. The van der Waals surface area contributed by atoms with E-state index in [4.69, 9.17) is 0 Å². The largest absolute Gasteiger partial charge is 0.461 e. The highest BCUT2D eigenvalue weighted by Crippen LogP contribution is 2.52. The first-order valence-electron chi connectivity index (χ1n) is 7.42. The number of esters is 1. The molecule has 0 radical (unpaired) electrons. The van der Waals surface area contributed by atoms with E-state index in [0.29, 0.717) is 6.08 Å². The van der Waals surface area contributed by atoms with Crippen LogP contribution in [-0.2, 0) is 19.6 Å². The van der Waals surface area contributed by atoms with Crippen molar-refractivity contribution in [1.82, 2.24) is 4.72 Å². The van der Waals surface area contributed by atoms with Gasteiger partial charge < -0.3 is 4.74 Å². The summed E-state index contributed by atoms with van der Waals surface area (Å²) in [5.41, 5.74) is -6.18. The van der Waals surface area contributed by atoms with Gasteiger partial charge in [-0.3, -0.25) is 0 Å². The van der Waals surface area contributed by atoms with Gasteiger partial charge in [0.05, 0.1) is 11.7 Å². The second-order valence-electron chi connectivity index (χ2n) is 5.61. The van der Waals surface area contributed by atoms with Gasteiger partial charge >= 0.3 is 24.5 Å². The van der Waals surface area contributed by atoms with Crippen LogP contribution in [-0.4, -0.2) is 57.5 Å². The van der Waals surface area contributed by atoms with Gasteiger partial charge in [-0.15, -0.1) is 0 Å². The van der Waals surface area contributed by atoms with Gasteiger partial charge in [0, 0.05) is 19.0 Å². The van der Waals surface area contributed by atoms with Gasteiger partial charge in [-0.25, -0.2) is 22.3 Å². The highest BCUT2D eigenvalue weighted by atomic mass is 32.2. The van der Waals surface area contributed by atoms with Crippen LogP contribution in [0.2, 0.25) is 0 Å². The topological polar surface area (TPSA) is 72.5 Å². The second-order valence-corrected chi connectivity index (χ2v) is 7.54. The first-order valence-corrected chi connectivity index (χ1v) is 9.07. The summed E-state index contributed by atoms with van der Waals surface area (Å²) in [4.78, 5) is 10.7. The Hall–Kier alpha value is -1.58. The lowest BCUT2D eigenvalue weighted by Crippen LogP contribution is -2.55. The van der Waals surface area contributed by atoms with E-state index in [1.807, 2.05) is 0 Å². The summed E-state index contributed by atoms with van der Waals surface area (Å²) in [5.74, 6) is -6.08. The SMILES string of the molecule is C=CC(=O)OCCNS(=O)(=O)CCC(CC(F)(C(F)(F)F)C(F)(F)F)C(F)(F)F. The van der Waals surface area contributed by atoms with Gasteiger partial charge in [-0.1, -0.05) is 6.58 Å². The van der Waals surface area contributed by atoms with Crippen molar-refractivity contribution >= 4 is 16.0 Å². The number of sulfonamides is 1. The fourth-order valence-corrected chi connectivity index (χ4v) is 3.02. The molecular formula is C13H15F10NO4S. The molecule has 0 spiro atoms. The molecule has 1 unspecified atom stereocenters. The summed E-state index contributed by atoms with van der Waals surface area (Å²) in [6.45, 7) is 1.79. The normalized spacial score (nSPS) is 15.1. The number of halogens is 10. The highest BCUT2D eigenvalue weighted by molar-refractivity contribution is 7.89. The average molecular weight is 471 g/mol. The average Bonchev–Trinajstić information content (AvgIpc) is 2.51. The molecule has 1 atom stereocenters. The predicted molar refractivity (Wildman–Crippen MR) is 77.7 cm³/mol. The van der Waals surface area contributed by atoms with E-state index in [1.54, 1.807) is 4.72 Å². The third-order valence-corrected chi connectivity index (χ3v) is 4.88. The Morgan fingerprint density at radius 1 is 1.00 bits per heavy atom. The predicted octanol–water partition coefficient (Wildman–Crippen LogP) is 3.43. The van der Waals surface area contributed by atoms with Crippen LogP contribution in [0.4, 0.5) is 43.9 Å². The first kappa shape index (κ1) is 27.4. The van der Waals surface area contributed by atoms with E-state index >= 15 is 0 Å². The highest BCUT2D eigenvalue weighted by Gasteiger charge is 2.73. The number of hydrogen-bond donors (Lipinski definition) is 1. The van der Waals surface area contributed by atoms with Gasteiger partial charge in [0.15, 0.2) is 0 Å². The molecule has 0 heterocycles. The molecule has 0 rings (SSSR count). The molecule has 0 bridgehead atoms. The third-order valence-electron chi connectivity index (χ3n) is 3.46. The Labute approximate surface area is 158 Å². The maximum Gasteiger partial charge on any atom is 0.431 e. The van der Waals surface area contributed by atoms with Gasteiger partial charge in [0.2, 0.25) is 10.0 Å². The van der Waals surface area contributed by atoms with Gasteiger partial charge in [-0.2, -0.15) is 39.5 Å². The smallest absolute Gasteiger partial charge is 0.431 e. The van der Waals surface area contributed by atoms with Crippen molar-refractivity contribution in [1.29, 1.82) is 0 Å². The zero-order chi connectivity index (χ0) is 23.3. The molecule has 16 heteroatoms. The monoisotopic (exact) mass is 471 g/mol. The molecule has 0 aromatic heterocycles. The Balaban J connectivity index is 5.24. The molecule has 1 N–H and O–H groups in total. The molecular weight excluding hydrogens is 456 g/mol. The Morgan fingerprint density at radius 2 is 1.48 bits per heavy atom. The summed E-state index contributed by atoms with van der Waals surface area (Å²) in [7, 11) is -4.62. The maximum absolute atomic E-state index is 13.6. The zero-order valence-electron chi connectivity index (χ0n) is 14.2. The molecule has 0 fully saturated rings. The van der Waals surface area contributed by atoms with Crippen LogP contribution in [0.5, 0.6) is 0 Å². The van der Waals surface area contributed by atoms with E-state index in [9.17, 15) is 57.1 Å². The van der Waals surface area contributed by atoms with E-state index in [-0.39, 0.29) is 0 Å². The second kappa shape index (κ2) is 9.49. The third kappa shape index (κ3) is 8.36. The first-order chi connectivity index (χ1) is 12.8. The van der Waals surface area contributed by atoms with Crippen LogP contribution in [0.15, 0.2) is 12.7 Å². The maximum atomic E-state index is 13.6. The molecule has 0 aromatic carbocycles. The standard InChI is InChI=1S/C13H15F10NO4S/c1-2-9(25)28-5-4-24-29(26,27)6-3-8(11(15,16)17)7-10(14,12(18,19)20)13(21,22)23/h2,8,24H,1,3-7H2. The van der Waals surface area contributed by atoms with Gasteiger partial charge in [0.1, 0.15) is 6.61 Å². The number of hydrogen-bond acceptors (Lipinski definition) is 4. The Kier molecular flexibility index (Phi) is 8.97. The summed E-state index contributed by atoms with van der Waals surface area (Å²) in [5, 5.41) is 0. The van der Waals surface area contributed by atoms with Crippen molar-refractivity contribution in [2.24, 2.45) is 5.92 Å². The number of rotatable bonds is 10. The Bertz CT molecular complexity index is 655. The number of alkyl halides is 10. The number of ether oxygens (including phenoxy) is 1. The van der Waals surface area contributed by atoms with Gasteiger partial charge in [-0.05, 0) is 6.42 Å². The molecule has 0 aromatic rings. The molecule has 0 aliphatic heterocycles. The molecule has 0 amide bonds. The number of carbonyl (C=O) groups excluding carboxylic acids is 1. The number of nitrogens with one attached hydrogen (secondary N) is 1. The molecule has 29 heavy (non-hydrogen) atoms. The van der Waals surface area contributed by atoms with E-state index in [1.165, 1.54) is 0 Å².